The van der Waals surface area contributed by atoms with Crippen molar-refractivity contribution >= 4 is 40.9 Å². The monoisotopic (exact) mass is 445 g/mol. The lowest BCUT2D eigenvalue weighted by atomic mass is 10.1. The van der Waals surface area contributed by atoms with E-state index in [9.17, 15) is 24.5 Å². The van der Waals surface area contributed by atoms with Crippen LogP contribution in [-0.2, 0) is 9.53 Å². The predicted octanol–water partition coefficient (Wildman–Crippen LogP) is 2.54. The summed E-state index contributed by atoms with van der Waals surface area (Å²) in [6.45, 7) is 0. The molecule has 0 bridgehead atoms. The summed E-state index contributed by atoms with van der Waals surface area (Å²) in [7, 11) is 2.67. The molecule has 31 heavy (non-hydrogen) atoms. The molecule has 3 rings (SSSR count). The van der Waals surface area contributed by atoms with Crippen molar-refractivity contribution in [2.75, 3.05) is 31.2 Å². The normalized spacial score (nSPS) is 15.3. The van der Waals surface area contributed by atoms with Crippen LogP contribution in [0.2, 0.25) is 0 Å². The maximum Gasteiger partial charge on any atom is 0.338 e. The van der Waals surface area contributed by atoms with Crippen molar-refractivity contribution in [3.8, 4) is 5.75 Å². The molecular formula is C20H19N3O7S. The molecule has 1 heterocycles. The summed E-state index contributed by atoms with van der Waals surface area (Å²) in [5, 5.41) is 14.0. The van der Waals surface area contributed by atoms with Crippen LogP contribution in [0, 0.1) is 10.1 Å². The Morgan fingerprint density at radius 3 is 2.42 bits per heavy atom. The highest BCUT2D eigenvalue weighted by molar-refractivity contribution is 7.99. The molecule has 2 amide bonds. The van der Waals surface area contributed by atoms with Gasteiger partial charge in [0.1, 0.15) is 11.8 Å². The topological polar surface area (TPSA) is 128 Å². The Morgan fingerprint density at radius 1 is 1.13 bits per heavy atom. The predicted molar refractivity (Wildman–Crippen MR) is 113 cm³/mol. The van der Waals surface area contributed by atoms with Crippen LogP contribution in [0.4, 0.5) is 11.4 Å². The summed E-state index contributed by atoms with van der Waals surface area (Å²) < 4.78 is 9.69. The lowest BCUT2D eigenvalue weighted by Gasteiger charge is -2.23. The molecule has 10 nitrogen and oxygen atoms in total. The highest BCUT2D eigenvalue weighted by atomic mass is 32.2. The van der Waals surface area contributed by atoms with E-state index in [2.05, 4.69) is 10.1 Å². The van der Waals surface area contributed by atoms with Gasteiger partial charge in [-0.05, 0) is 30.3 Å². The van der Waals surface area contributed by atoms with Gasteiger partial charge < -0.3 is 19.7 Å². The molecule has 1 saturated heterocycles. The van der Waals surface area contributed by atoms with E-state index in [1.54, 1.807) is 24.3 Å². The van der Waals surface area contributed by atoms with Crippen LogP contribution in [0.25, 0.3) is 0 Å². The highest BCUT2D eigenvalue weighted by Gasteiger charge is 2.36. The second-order valence-electron chi connectivity index (χ2n) is 6.53. The lowest BCUT2D eigenvalue weighted by Crippen LogP contribution is -2.44. The average molecular weight is 445 g/mol. The maximum atomic E-state index is 13.1. The van der Waals surface area contributed by atoms with E-state index in [-0.39, 0.29) is 22.9 Å². The number of nitrogens with zero attached hydrogens (tertiary/aromatic N) is 2. The lowest BCUT2D eigenvalue weighted by molar-refractivity contribution is -0.384. The van der Waals surface area contributed by atoms with Crippen molar-refractivity contribution in [3.63, 3.8) is 0 Å². The number of hydrogen-bond donors (Lipinski definition) is 1. The quantitative estimate of drug-likeness (QED) is 0.408. The van der Waals surface area contributed by atoms with Gasteiger partial charge in [0.05, 0.1) is 30.6 Å². The second kappa shape index (κ2) is 9.47. The number of ether oxygens (including phenoxy) is 2. The van der Waals surface area contributed by atoms with E-state index in [4.69, 9.17) is 4.74 Å². The van der Waals surface area contributed by atoms with Gasteiger partial charge in [-0.25, -0.2) is 4.79 Å². The Balaban J connectivity index is 1.83. The Morgan fingerprint density at radius 2 is 1.81 bits per heavy atom. The van der Waals surface area contributed by atoms with Crippen molar-refractivity contribution in [2.45, 2.75) is 6.04 Å². The zero-order chi connectivity index (χ0) is 22.5. The van der Waals surface area contributed by atoms with Crippen LogP contribution >= 0.6 is 11.8 Å². The van der Waals surface area contributed by atoms with Crippen molar-refractivity contribution < 1.29 is 28.8 Å². The van der Waals surface area contributed by atoms with Gasteiger partial charge in [0.2, 0.25) is 5.91 Å². The van der Waals surface area contributed by atoms with Crippen LogP contribution in [-0.4, -0.2) is 59.5 Å². The molecule has 0 saturated carbocycles. The number of anilines is 1. The van der Waals surface area contributed by atoms with Gasteiger partial charge in [-0.15, -0.1) is 11.8 Å². The third-order valence-electron chi connectivity index (χ3n) is 4.60. The fourth-order valence-corrected chi connectivity index (χ4v) is 4.16. The van der Waals surface area contributed by atoms with Gasteiger partial charge in [-0.1, -0.05) is 0 Å². The first-order valence-electron chi connectivity index (χ1n) is 9.05. The first-order chi connectivity index (χ1) is 14.8. The Bertz CT molecular complexity index is 1030. The number of thioether (sulfide) groups is 1. The van der Waals surface area contributed by atoms with Gasteiger partial charge in [0.15, 0.2) is 0 Å². The number of carbonyl (C=O) groups is 3. The number of methoxy groups -OCH3 is 2. The second-order valence-corrected chi connectivity index (χ2v) is 7.53. The summed E-state index contributed by atoms with van der Waals surface area (Å²) >= 11 is 1.38. The molecule has 1 unspecified atom stereocenters. The minimum Gasteiger partial charge on any atom is -0.497 e. The average Bonchev–Trinajstić information content (AvgIpc) is 3.28. The van der Waals surface area contributed by atoms with Gasteiger partial charge in [0.25, 0.3) is 11.6 Å². The Labute approximate surface area is 181 Å². The van der Waals surface area contributed by atoms with Gasteiger partial charge in [-0.2, -0.15) is 0 Å². The first kappa shape index (κ1) is 22.1. The number of benzene rings is 2. The zero-order valence-corrected chi connectivity index (χ0v) is 17.5. The smallest absolute Gasteiger partial charge is 0.338 e. The van der Waals surface area contributed by atoms with E-state index in [1.165, 1.54) is 29.8 Å². The maximum absolute atomic E-state index is 13.1. The minimum atomic E-state index is -0.803. The number of nitro groups is 1. The van der Waals surface area contributed by atoms with E-state index in [1.807, 2.05) is 0 Å². The molecule has 1 aliphatic rings. The molecule has 2 aromatic rings. The number of hydrogen-bond acceptors (Lipinski definition) is 8. The molecule has 1 aliphatic heterocycles. The van der Waals surface area contributed by atoms with E-state index < -0.39 is 28.5 Å². The minimum absolute atomic E-state index is 0.0700. The number of nitrogens with one attached hydrogen (secondary N) is 1. The fraction of sp³-hybridized carbons (Fsp3) is 0.250. The number of non-ortho nitro benzene ring substituents is 1. The number of esters is 1. The van der Waals surface area contributed by atoms with Gasteiger partial charge in [-0.3, -0.25) is 19.7 Å². The summed E-state index contributed by atoms with van der Waals surface area (Å²) in [5.41, 5.74) is -0.0683. The molecule has 162 valence electrons. The summed E-state index contributed by atoms with van der Waals surface area (Å²) in [4.78, 5) is 49.6. The van der Waals surface area contributed by atoms with E-state index >= 15 is 0 Å². The largest absolute Gasteiger partial charge is 0.497 e. The van der Waals surface area contributed by atoms with E-state index in [0.29, 0.717) is 17.2 Å². The molecular weight excluding hydrogens is 426 g/mol. The number of nitro benzene ring substituents is 1. The first-order valence-corrected chi connectivity index (χ1v) is 10.2. The van der Waals surface area contributed by atoms with E-state index in [0.717, 1.165) is 19.2 Å². The third kappa shape index (κ3) is 4.94. The number of carbonyl (C=O) groups excluding carboxylic acids is 3. The van der Waals surface area contributed by atoms with Crippen LogP contribution in [0.5, 0.6) is 5.75 Å². The van der Waals surface area contributed by atoms with Crippen LogP contribution in [0.15, 0.2) is 42.5 Å². The summed E-state index contributed by atoms with van der Waals surface area (Å²) in [6.07, 6.45) is 0. The fourth-order valence-electron chi connectivity index (χ4n) is 3.00. The van der Waals surface area contributed by atoms with Crippen LogP contribution in [0.1, 0.15) is 20.7 Å². The molecule has 1 atom stereocenters. The highest BCUT2D eigenvalue weighted by Crippen LogP contribution is 2.27. The molecule has 0 aliphatic carbocycles. The van der Waals surface area contributed by atoms with Crippen LogP contribution in [0.3, 0.4) is 0 Å². The number of amides is 2. The SMILES string of the molecule is COC(=O)c1cc(C(=O)N2CSCC2C(=O)Nc2ccc(OC)cc2)cc([N+](=O)[O-])c1. The number of rotatable bonds is 6. The Hall–Kier alpha value is -3.60. The molecule has 11 heteroatoms. The molecule has 0 spiro atoms. The standard InChI is InChI=1S/C20H19N3O7S/c1-29-16-5-3-14(4-6-16)21-18(24)17-10-31-11-22(17)19(25)12-7-13(20(26)30-2)9-15(8-12)23(27)28/h3-9,17H,10-11H2,1-2H3,(H,21,24). The van der Waals surface area contributed by atoms with Crippen molar-refractivity contribution in [1.29, 1.82) is 0 Å². The summed E-state index contributed by atoms with van der Waals surface area (Å²) in [6, 6.07) is 9.30. The zero-order valence-electron chi connectivity index (χ0n) is 16.7. The molecule has 1 N–H and O–H groups in total. The molecule has 0 radical (unpaired) electrons. The van der Waals surface area contributed by atoms with Crippen LogP contribution < -0.4 is 10.1 Å². The molecule has 0 aromatic heterocycles. The Kier molecular flexibility index (Phi) is 6.75. The summed E-state index contributed by atoms with van der Waals surface area (Å²) in [5.74, 6) is -0.543. The van der Waals surface area contributed by atoms with Crippen molar-refractivity contribution in [2.24, 2.45) is 0 Å². The molecule has 2 aromatic carbocycles. The van der Waals surface area contributed by atoms with Crippen molar-refractivity contribution in [1.82, 2.24) is 4.90 Å². The van der Waals surface area contributed by atoms with Crippen molar-refractivity contribution in [3.05, 3.63) is 63.7 Å². The third-order valence-corrected chi connectivity index (χ3v) is 5.61. The van der Waals surface area contributed by atoms with Gasteiger partial charge >= 0.3 is 5.97 Å². The van der Waals surface area contributed by atoms with Gasteiger partial charge in [0, 0.05) is 29.1 Å². The molecule has 1 fully saturated rings.